The maximum Gasteiger partial charge on any atom is 0.0834 e. The molecule has 1 atom stereocenters. The first-order chi connectivity index (χ1) is 8.47. The fourth-order valence-corrected chi connectivity index (χ4v) is 2.14. The number of nitrogens with two attached hydrogens (primary N) is 1. The van der Waals surface area contributed by atoms with Gasteiger partial charge in [0.05, 0.1) is 36.1 Å². The summed E-state index contributed by atoms with van der Waals surface area (Å²) in [6.45, 7) is 7.70. The molecule has 0 aliphatic carbocycles. The molecule has 0 bridgehead atoms. The van der Waals surface area contributed by atoms with Gasteiger partial charge in [0.1, 0.15) is 0 Å². The van der Waals surface area contributed by atoms with Crippen LogP contribution >= 0.6 is 11.6 Å². The number of nitrogens with one attached hydrogen (secondary N) is 1. The summed E-state index contributed by atoms with van der Waals surface area (Å²) in [4.78, 5) is 0. The Labute approximate surface area is 114 Å². The monoisotopic (exact) mass is 274 g/mol. The van der Waals surface area contributed by atoms with Crippen molar-refractivity contribution in [2.45, 2.75) is 39.8 Å². The van der Waals surface area contributed by atoms with Crippen LogP contribution in [0.15, 0.2) is 6.20 Å². The molecule has 0 radical (unpaired) electrons. The lowest BCUT2D eigenvalue weighted by Crippen LogP contribution is -2.39. The number of rotatable bonds is 7. The Morgan fingerprint density at radius 2 is 2.28 bits per heavy atom. The molecule has 1 aromatic rings. The van der Waals surface area contributed by atoms with Crippen molar-refractivity contribution in [1.29, 1.82) is 0 Å². The summed E-state index contributed by atoms with van der Waals surface area (Å²) in [5, 5.41) is 4.91. The summed E-state index contributed by atoms with van der Waals surface area (Å²) >= 11 is 6.24. The minimum atomic E-state index is -0.0469. The minimum absolute atomic E-state index is 0.0107. The molecule has 0 amide bonds. The van der Waals surface area contributed by atoms with Crippen LogP contribution in [0.5, 0.6) is 0 Å². The van der Waals surface area contributed by atoms with Crippen LogP contribution in [-0.4, -0.2) is 23.5 Å². The molecule has 0 aliphatic heterocycles. The number of ether oxygens (including phenoxy) is 1. The van der Waals surface area contributed by atoms with Crippen LogP contribution in [0, 0.1) is 5.41 Å². The van der Waals surface area contributed by atoms with E-state index in [0.717, 1.165) is 12.1 Å². The van der Waals surface area contributed by atoms with Crippen molar-refractivity contribution in [2.75, 3.05) is 13.7 Å². The van der Waals surface area contributed by atoms with Crippen molar-refractivity contribution in [3.05, 3.63) is 16.9 Å². The summed E-state index contributed by atoms with van der Waals surface area (Å²) in [5.41, 5.74) is 3.78. The third-order valence-corrected chi connectivity index (χ3v) is 3.76. The average Bonchev–Trinajstić information content (AvgIpc) is 2.69. The number of hydrogen-bond donors (Lipinski definition) is 2. The van der Waals surface area contributed by atoms with Gasteiger partial charge < -0.3 is 4.74 Å². The maximum absolute atomic E-state index is 6.24. The second-order valence-electron chi connectivity index (χ2n) is 5.04. The van der Waals surface area contributed by atoms with E-state index in [9.17, 15) is 0 Å². The van der Waals surface area contributed by atoms with Gasteiger partial charge in [0.25, 0.3) is 0 Å². The Morgan fingerprint density at radius 3 is 2.78 bits per heavy atom. The summed E-state index contributed by atoms with van der Waals surface area (Å²) < 4.78 is 6.93. The summed E-state index contributed by atoms with van der Waals surface area (Å²) in [6, 6.07) is -0.0469. The molecule has 3 N–H and O–H groups in total. The molecule has 0 aliphatic rings. The first kappa shape index (κ1) is 15.4. The number of hydrazine groups is 1. The zero-order chi connectivity index (χ0) is 13.8. The molecule has 1 unspecified atom stereocenters. The van der Waals surface area contributed by atoms with Crippen molar-refractivity contribution in [1.82, 2.24) is 15.2 Å². The molecule has 1 heterocycles. The standard InChI is InChI=1S/C12H23ClN4O/c1-5-12(2,3)11(16-14)10-9(13)8-15-17(10)6-7-18-4/h8,11,16H,5-7,14H2,1-4H3. The van der Waals surface area contributed by atoms with Gasteiger partial charge in [0.15, 0.2) is 0 Å². The van der Waals surface area contributed by atoms with Crippen molar-refractivity contribution in [3.63, 3.8) is 0 Å². The average molecular weight is 275 g/mol. The molecule has 0 fully saturated rings. The molecule has 5 nitrogen and oxygen atoms in total. The van der Waals surface area contributed by atoms with E-state index in [1.807, 2.05) is 4.68 Å². The highest BCUT2D eigenvalue weighted by Gasteiger charge is 2.32. The van der Waals surface area contributed by atoms with E-state index in [-0.39, 0.29) is 11.5 Å². The Kier molecular flexibility index (Phi) is 5.59. The highest BCUT2D eigenvalue weighted by molar-refractivity contribution is 6.31. The van der Waals surface area contributed by atoms with Gasteiger partial charge >= 0.3 is 0 Å². The topological polar surface area (TPSA) is 65.1 Å². The third kappa shape index (κ3) is 3.23. The van der Waals surface area contributed by atoms with Gasteiger partial charge in [-0.05, 0) is 11.8 Å². The van der Waals surface area contributed by atoms with Crippen LogP contribution in [0.25, 0.3) is 0 Å². The molecular formula is C12H23ClN4O. The van der Waals surface area contributed by atoms with Crippen LogP contribution in [0.3, 0.4) is 0 Å². The number of methoxy groups -OCH3 is 1. The van der Waals surface area contributed by atoms with Gasteiger partial charge in [-0.2, -0.15) is 5.10 Å². The molecule has 1 aromatic heterocycles. The molecule has 1 rings (SSSR count). The molecule has 0 spiro atoms. The van der Waals surface area contributed by atoms with E-state index >= 15 is 0 Å². The predicted molar refractivity (Wildman–Crippen MR) is 73.2 cm³/mol. The highest BCUT2D eigenvalue weighted by atomic mass is 35.5. The Balaban J connectivity index is 3.08. The lowest BCUT2D eigenvalue weighted by molar-refractivity contribution is 0.175. The maximum atomic E-state index is 6.24. The first-order valence-electron chi connectivity index (χ1n) is 6.14. The Morgan fingerprint density at radius 1 is 1.61 bits per heavy atom. The molecule has 0 saturated carbocycles. The lowest BCUT2D eigenvalue weighted by atomic mass is 9.80. The van der Waals surface area contributed by atoms with Crippen molar-refractivity contribution in [3.8, 4) is 0 Å². The molecule has 0 aromatic carbocycles. The van der Waals surface area contributed by atoms with E-state index in [1.54, 1.807) is 13.3 Å². The van der Waals surface area contributed by atoms with Crippen molar-refractivity contribution < 1.29 is 4.74 Å². The summed E-state index contributed by atoms with van der Waals surface area (Å²) in [5.74, 6) is 5.71. The van der Waals surface area contributed by atoms with E-state index in [0.29, 0.717) is 18.2 Å². The fourth-order valence-electron chi connectivity index (χ4n) is 1.89. The van der Waals surface area contributed by atoms with E-state index in [2.05, 4.69) is 31.3 Å². The highest BCUT2D eigenvalue weighted by Crippen LogP contribution is 2.38. The molecule has 6 heteroatoms. The number of hydrogen-bond acceptors (Lipinski definition) is 4. The Bertz CT molecular complexity index is 378. The van der Waals surface area contributed by atoms with E-state index < -0.39 is 0 Å². The van der Waals surface area contributed by atoms with Gasteiger partial charge in [0, 0.05) is 7.11 Å². The van der Waals surface area contributed by atoms with Crippen LogP contribution < -0.4 is 11.3 Å². The normalized spacial score (nSPS) is 13.9. The van der Waals surface area contributed by atoms with Gasteiger partial charge in [-0.1, -0.05) is 32.4 Å². The minimum Gasteiger partial charge on any atom is -0.383 e. The fraction of sp³-hybridized carbons (Fsp3) is 0.750. The van der Waals surface area contributed by atoms with E-state index in [4.69, 9.17) is 22.2 Å². The Hall–Kier alpha value is -0.620. The first-order valence-corrected chi connectivity index (χ1v) is 6.52. The van der Waals surface area contributed by atoms with Gasteiger partial charge in [0.2, 0.25) is 0 Å². The number of nitrogens with zero attached hydrogens (tertiary/aromatic N) is 2. The van der Waals surface area contributed by atoms with Gasteiger partial charge in [-0.25, -0.2) is 0 Å². The van der Waals surface area contributed by atoms with Crippen LogP contribution in [0.4, 0.5) is 0 Å². The number of halogens is 1. The zero-order valence-corrected chi connectivity index (χ0v) is 12.3. The van der Waals surface area contributed by atoms with Crippen molar-refractivity contribution >= 4 is 11.6 Å². The molecule has 104 valence electrons. The predicted octanol–water partition coefficient (Wildman–Crippen LogP) is 2.12. The summed E-state index contributed by atoms with van der Waals surface area (Å²) in [7, 11) is 1.67. The van der Waals surface area contributed by atoms with Gasteiger partial charge in [-0.15, -0.1) is 0 Å². The lowest BCUT2D eigenvalue weighted by Gasteiger charge is -2.33. The third-order valence-electron chi connectivity index (χ3n) is 3.47. The molecule has 0 saturated heterocycles. The summed E-state index contributed by atoms with van der Waals surface area (Å²) in [6.07, 6.45) is 2.64. The van der Waals surface area contributed by atoms with Gasteiger partial charge in [-0.3, -0.25) is 16.0 Å². The van der Waals surface area contributed by atoms with E-state index in [1.165, 1.54) is 0 Å². The van der Waals surface area contributed by atoms with Crippen LogP contribution in [0.1, 0.15) is 38.9 Å². The molecular weight excluding hydrogens is 252 g/mol. The van der Waals surface area contributed by atoms with Crippen LogP contribution in [-0.2, 0) is 11.3 Å². The smallest absolute Gasteiger partial charge is 0.0834 e. The number of aromatic nitrogens is 2. The SMILES string of the molecule is CCC(C)(C)C(NN)c1c(Cl)cnn1CCOC. The second-order valence-corrected chi connectivity index (χ2v) is 5.44. The van der Waals surface area contributed by atoms with Crippen LogP contribution in [0.2, 0.25) is 5.02 Å². The largest absolute Gasteiger partial charge is 0.383 e. The molecule has 18 heavy (non-hydrogen) atoms. The second kappa shape index (κ2) is 6.52. The zero-order valence-electron chi connectivity index (χ0n) is 11.5. The quantitative estimate of drug-likeness (QED) is 0.590. The van der Waals surface area contributed by atoms with Crippen molar-refractivity contribution in [2.24, 2.45) is 11.3 Å².